The molecule has 0 aromatic rings. The predicted molar refractivity (Wildman–Crippen MR) is 46.8 cm³/mol. The fraction of sp³-hybridized carbons (Fsp3) is 0.600. The van der Waals surface area contributed by atoms with Gasteiger partial charge < -0.3 is 2.85 Å². The van der Waals surface area contributed by atoms with E-state index in [4.69, 9.17) is 0 Å². The Morgan fingerprint density at radius 1 is 1.18 bits per heavy atom. The van der Waals surface area contributed by atoms with Crippen molar-refractivity contribution in [2.75, 3.05) is 0 Å². The summed E-state index contributed by atoms with van der Waals surface area (Å²) in [5.41, 5.74) is 4.39. The molecule has 0 nitrogen and oxygen atoms in total. The first-order valence-corrected chi connectivity index (χ1v) is 3.75. The van der Waals surface area contributed by atoms with E-state index in [1.807, 2.05) is 0 Å². The second-order valence-electron chi connectivity index (χ2n) is 3.62. The van der Waals surface area contributed by atoms with Crippen LogP contribution in [0.25, 0.3) is 0 Å². The summed E-state index contributed by atoms with van der Waals surface area (Å²) in [5.74, 6) is 0. The fourth-order valence-corrected chi connectivity index (χ4v) is 1.41. The van der Waals surface area contributed by atoms with Gasteiger partial charge in [0.05, 0.1) is 0 Å². The molecule has 1 rings (SSSR count). The summed E-state index contributed by atoms with van der Waals surface area (Å²) in [6.07, 6.45) is 3.44. The van der Waals surface area contributed by atoms with Crippen molar-refractivity contribution in [3.05, 3.63) is 22.8 Å². The van der Waals surface area contributed by atoms with Crippen LogP contribution in [0.4, 0.5) is 0 Å². The molecular formula is C10H17Rh. The molecule has 0 atom stereocenters. The maximum atomic E-state index is 3.44. The van der Waals surface area contributed by atoms with Crippen LogP contribution in [0.5, 0.6) is 0 Å². The summed E-state index contributed by atoms with van der Waals surface area (Å²) in [6, 6.07) is 0. The van der Waals surface area contributed by atoms with E-state index in [2.05, 4.69) is 40.7 Å². The van der Waals surface area contributed by atoms with Crippen molar-refractivity contribution >= 4 is 0 Å². The van der Waals surface area contributed by atoms with Crippen LogP contribution >= 0.6 is 0 Å². The maximum Gasteiger partial charge on any atom is 3.00 e. The van der Waals surface area contributed by atoms with Crippen LogP contribution < -0.4 is 0 Å². The third-order valence-corrected chi connectivity index (χ3v) is 2.56. The average molecular weight is 240 g/mol. The molecule has 0 aliphatic heterocycles. The zero-order chi connectivity index (χ0) is 7.94. The van der Waals surface area contributed by atoms with E-state index in [1.54, 1.807) is 0 Å². The number of hydrogen-bond donors (Lipinski definition) is 0. The topological polar surface area (TPSA) is 0 Å². The van der Waals surface area contributed by atoms with Crippen LogP contribution in [0.3, 0.4) is 0 Å². The van der Waals surface area contributed by atoms with Crippen molar-refractivity contribution in [3.8, 4) is 0 Å². The van der Waals surface area contributed by atoms with E-state index < -0.39 is 0 Å². The van der Waals surface area contributed by atoms with Gasteiger partial charge in [-0.05, 0) is 0 Å². The van der Waals surface area contributed by atoms with Crippen molar-refractivity contribution in [2.45, 2.75) is 34.6 Å². The van der Waals surface area contributed by atoms with Crippen molar-refractivity contribution < 1.29 is 22.3 Å². The predicted octanol–water partition coefficient (Wildman–Crippen LogP) is 3.33. The van der Waals surface area contributed by atoms with Crippen molar-refractivity contribution in [3.63, 3.8) is 0 Å². The Morgan fingerprint density at radius 2 is 1.64 bits per heavy atom. The normalized spacial score (nSPS) is 21.4. The molecule has 1 aliphatic carbocycles. The summed E-state index contributed by atoms with van der Waals surface area (Å²) in [5, 5.41) is 0. The molecule has 66 valence electrons. The summed E-state index contributed by atoms with van der Waals surface area (Å²) < 4.78 is 0. The molecule has 0 radical (unpaired) electrons. The second-order valence-corrected chi connectivity index (χ2v) is 3.62. The summed E-state index contributed by atoms with van der Waals surface area (Å²) in [7, 11) is 0. The summed E-state index contributed by atoms with van der Waals surface area (Å²) in [4.78, 5) is 0. The maximum absolute atomic E-state index is 3.44. The van der Waals surface area contributed by atoms with E-state index in [9.17, 15) is 0 Å². The zero-order valence-corrected chi connectivity index (χ0v) is 9.47. The number of allylic oxidation sites excluding steroid dienone is 4. The van der Waals surface area contributed by atoms with Gasteiger partial charge in [-0.15, -0.1) is 6.92 Å². The molecular weight excluding hydrogens is 223 g/mol. The van der Waals surface area contributed by atoms with Gasteiger partial charge in [0, 0.05) is 0 Å². The first kappa shape index (κ1) is 11.1. The molecule has 0 amide bonds. The molecule has 0 fully saturated rings. The molecule has 0 spiro atoms. The van der Waals surface area contributed by atoms with Crippen LogP contribution in [-0.4, -0.2) is 0 Å². The minimum atomic E-state index is 0. The summed E-state index contributed by atoms with van der Waals surface area (Å²) in [6.45, 7) is 10.9. The Balaban J connectivity index is -0.000000333. The van der Waals surface area contributed by atoms with Gasteiger partial charge in [0.25, 0.3) is 0 Å². The van der Waals surface area contributed by atoms with Gasteiger partial charge in [0.15, 0.2) is 0 Å². The standard InChI is InChI=1S/C10H15.Rh.2H/c1-7-6-10(4,5)9(3)8(7)2;;;/h1-5H3;;;/q-1;+3;2*-1. The smallest absolute Gasteiger partial charge is 1.00 e. The summed E-state index contributed by atoms with van der Waals surface area (Å²) >= 11 is 0. The van der Waals surface area contributed by atoms with E-state index in [0.29, 0.717) is 0 Å². The van der Waals surface area contributed by atoms with Crippen LogP contribution in [0.15, 0.2) is 16.7 Å². The molecule has 0 bridgehead atoms. The van der Waals surface area contributed by atoms with Crippen LogP contribution in [0, 0.1) is 11.5 Å². The Morgan fingerprint density at radius 3 is 1.73 bits per heavy atom. The second kappa shape index (κ2) is 3.23. The van der Waals surface area contributed by atoms with Gasteiger partial charge in [-0.25, -0.2) is 5.57 Å². The monoisotopic (exact) mass is 240 g/mol. The first-order valence-electron chi connectivity index (χ1n) is 3.75. The Kier molecular flexibility index (Phi) is 3.26. The number of rotatable bonds is 0. The number of hydrogen-bond acceptors (Lipinski definition) is 0. The zero-order valence-electron chi connectivity index (χ0n) is 9.83. The van der Waals surface area contributed by atoms with Crippen molar-refractivity contribution in [1.82, 2.24) is 0 Å². The Labute approximate surface area is 85.5 Å². The Hall–Kier alpha value is 0.103. The molecule has 0 N–H and O–H groups in total. The molecule has 1 aliphatic rings. The van der Waals surface area contributed by atoms with E-state index in [1.165, 1.54) is 16.7 Å². The fourth-order valence-electron chi connectivity index (χ4n) is 1.41. The van der Waals surface area contributed by atoms with Gasteiger partial charge >= 0.3 is 19.5 Å². The quantitative estimate of drug-likeness (QED) is 0.450. The van der Waals surface area contributed by atoms with Gasteiger partial charge in [-0.2, -0.15) is 11.1 Å². The minimum Gasteiger partial charge on any atom is -1.00 e. The van der Waals surface area contributed by atoms with Crippen molar-refractivity contribution in [2.24, 2.45) is 5.41 Å². The van der Waals surface area contributed by atoms with Gasteiger partial charge in [-0.3, -0.25) is 6.08 Å². The molecule has 0 aromatic carbocycles. The molecule has 0 unspecified atom stereocenters. The third kappa shape index (κ3) is 1.82. The van der Waals surface area contributed by atoms with Crippen LogP contribution in [0.2, 0.25) is 0 Å². The average Bonchev–Trinajstić information content (AvgIpc) is 1.95. The van der Waals surface area contributed by atoms with Crippen molar-refractivity contribution in [1.29, 1.82) is 0 Å². The molecule has 1 heteroatoms. The largest absolute Gasteiger partial charge is 3.00 e. The molecule has 0 saturated heterocycles. The van der Waals surface area contributed by atoms with Gasteiger partial charge in [-0.1, -0.05) is 33.1 Å². The minimum absolute atomic E-state index is 0. The van der Waals surface area contributed by atoms with Gasteiger partial charge in [0.1, 0.15) is 0 Å². The molecule has 11 heavy (non-hydrogen) atoms. The molecule has 0 aromatic heterocycles. The SMILES string of the molecule is CC1=[C-]C(C)(C)C(C)=C1C.[H-].[H-].[Rh+3]. The van der Waals surface area contributed by atoms with E-state index in [0.717, 1.165) is 0 Å². The van der Waals surface area contributed by atoms with E-state index >= 15 is 0 Å². The molecule has 0 saturated carbocycles. The first-order chi connectivity index (χ1) is 4.45. The van der Waals surface area contributed by atoms with E-state index in [-0.39, 0.29) is 27.7 Å². The molecule has 0 heterocycles. The van der Waals surface area contributed by atoms with Crippen LogP contribution in [-0.2, 0) is 19.5 Å². The van der Waals surface area contributed by atoms with Gasteiger partial charge in [0.2, 0.25) is 0 Å². The Bertz CT molecular complexity index is 227. The third-order valence-electron chi connectivity index (χ3n) is 2.56. The van der Waals surface area contributed by atoms with Crippen LogP contribution in [0.1, 0.15) is 37.5 Å².